The predicted molar refractivity (Wildman–Crippen MR) is 85.5 cm³/mol. The summed E-state index contributed by atoms with van der Waals surface area (Å²) < 4.78 is 25.4. The normalized spacial score (nSPS) is 11.6. The highest BCUT2D eigenvalue weighted by Gasteiger charge is 2.17. The Labute approximate surface area is 125 Å². The van der Waals surface area contributed by atoms with Gasteiger partial charge in [0.2, 0.25) is 10.0 Å². The third kappa shape index (κ3) is 3.53. The molecule has 0 aliphatic carbocycles. The molecule has 0 saturated heterocycles. The molecule has 2 aromatic carbocycles. The van der Waals surface area contributed by atoms with E-state index in [2.05, 4.69) is 5.32 Å². The van der Waals surface area contributed by atoms with E-state index in [9.17, 15) is 8.42 Å². The number of sulfonamides is 1. The number of rotatable bonds is 5. The molecule has 6 heteroatoms. The van der Waals surface area contributed by atoms with Gasteiger partial charge in [0.15, 0.2) is 0 Å². The van der Waals surface area contributed by atoms with Crippen LogP contribution in [0, 0.1) is 0 Å². The number of nitrogens with two attached hydrogens (primary N) is 1. The molecule has 21 heavy (non-hydrogen) atoms. The van der Waals surface area contributed by atoms with Crippen molar-refractivity contribution in [1.82, 2.24) is 4.31 Å². The van der Waals surface area contributed by atoms with Crippen LogP contribution in [0.5, 0.6) is 0 Å². The monoisotopic (exact) mass is 305 g/mol. The number of benzene rings is 2. The van der Waals surface area contributed by atoms with Crippen molar-refractivity contribution in [2.24, 2.45) is 0 Å². The van der Waals surface area contributed by atoms with E-state index >= 15 is 0 Å². The number of nitrogens with one attached hydrogen (secondary N) is 1. The first-order chi connectivity index (χ1) is 9.91. The molecule has 0 heterocycles. The van der Waals surface area contributed by atoms with Gasteiger partial charge in [0, 0.05) is 32.0 Å². The zero-order chi connectivity index (χ0) is 15.5. The van der Waals surface area contributed by atoms with Gasteiger partial charge in [-0.15, -0.1) is 0 Å². The molecule has 0 amide bonds. The van der Waals surface area contributed by atoms with Crippen LogP contribution < -0.4 is 11.1 Å². The minimum Gasteiger partial charge on any atom is -0.398 e. The van der Waals surface area contributed by atoms with E-state index in [0.29, 0.717) is 12.2 Å². The van der Waals surface area contributed by atoms with Crippen LogP contribution in [-0.2, 0) is 16.6 Å². The second-order valence-corrected chi connectivity index (χ2v) is 7.02. The van der Waals surface area contributed by atoms with Gasteiger partial charge in [0.25, 0.3) is 0 Å². The van der Waals surface area contributed by atoms with Crippen LogP contribution >= 0.6 is 0 Å². The maximum atomic E-state index is 12.1. The summed E-state index contributed by atoms with van der Waals surface area (Å²) in [7, 11) is -0.394. The predicted octanol–water partition coefficient (Wildman–Crippen LogP) is 2.13. The molecule has 0 atom stereocenters. The van der Waals surface area contributed by atoms with Crippen molar-refractivity contribution >= 4 is 21.4 Å². The molecule has 5 nitrogen and oxygen atoms in total. The molecule has 0 unspecified atom stereocenters. The quantitative estimate of drug-likeness (QED) is 0.830. The van der Waals surface area contributed by atoms with Crippen LogP contribution in [0.3, 0.4) is 0 Å². The molecule has 0 spiro atoms. The van der Waals surface area contributed by atoms with Crippen molar-refractivity contribution in [3.05, 3.63) is 54.1 Å². The van der Waals surface area contributed by atoms with Crippen molar-refractivity contribution < 1.29 is 8.42 Å². The number of nitrogens with zero attached hydrogens (tertiary/aromatic N) is 1. The average Bonchev–Trinajstić information content (AvgIpc) is 2.46. The third-order valence-electron chi connectivity index (χ3n) is 3.15. The molecule has 0 radical (unpaired) electrons. The van der Waals surface area contributed by atoms with Crippen LogP contribution in [0.2, 0.25) is 0 Å². The van der Waals surface area contributed by atoms with Crippen molar-refractivity contribution in [2.75, 3.05) is 25.1 Å². The average molecular weight is 305 g/mol. The Morgan fingerprint density at radius 2 is 1.81 bits per heavy atom. The van der Waals surface area contributed by atoms with Crippen molar-refractivity contribution in [3.8, 4) is 0 Å². The summed E-state index contributed by atoms with van der Waals surface area (Å²) in [5, 5.41) is 3.19. The van der Waals surface area contributed by atoms with Crippen molar-refractivity contribution in [1.29, 1.82) is 0 Å². The van der Waals surface area contributed by atoms with E-state index in [-0.39, 0.29) is 4.90 Å². The maximum absolute atomic E-state index is 12.1. The number of anilines is 2. The lowest BCUT2D eigenvalue weighted by molar-refractivity contribution is 0.521. The Bertz CT molecular complexity index is 727. The highest BCUT2D eigenvalue weighted by molar-refractivity contribution is 7.89. The lowest BCUT2D eigenvalue weighted by Crippen LogP contribution is -2.22. The Balaban J connectivity index is 2.18. The lowest BCUT2D eigenvalue weighted by atomic mass is 10.2. The zero-order valence-corrected chi connectivity index (χ0v) is 12.9. The fourth-order valence-corrected chi connectivity index (χ4v) is 2.82. The van der Waals surface area contributed by atoms with Crippen LogP contribution in [0.1, 0.15) is 5.56 Å². The van der Waals surface area contributed by atoms with Crippen LogP contribution in [-0.4, -0.2) is 26.8 Å². The topological polar surface area (TPSA) is 75.4 Å². The van der Waals surface area contributed by atoms with Gasteiger partial charge >= 0.3 is 0 Å². The first kappa shape index (κ1) is 15.3. The van der Waals surface area contributed by atoms with Gasteiger partial charge in [-0.05, 0) is 29.8 Å². The van der Waals surface area contributed by atoms with E-state index in [1.807, 2.05) is 30.3 Å². The van der Waals surface area contributed by atoms with E-state index in [4.69, 9.17) is 5.73 Å². The second kappa shape index (κ2) is 6.15. The molecule has 0 aliphatic rings. The second-order valence-electron chi connectivity index (χ2n) is 4.87. The minimum atomic E-state index is -3.42. The molecule has 0 bridgehead atoms. The van der Waals surface area contributed by atoms with Gasteiger partial charge in [-0.25, -0.2) is 12.7 Å². The molecule has 0 saturated carbocycles. The smallest absolute Gasteiger partial charge is 0.242 e. The highest BCUT2D eigenvalue weighted by Crippen LogP contribution is 2.19. The first-order valence-corrected chi connectivity index (χ1v) is 7.95. The zero-order valence-electron chi connectivity index (χ0n) is 12.1. The number of hydrogen-bond donors (Lipinski definition) is 2. The van der Waals surface area contributed by atoms with E-state index in [0.717, 1.165) is 11.3 Å². The molecule has 3 N–H and O–H groups in total. The van der Waals surface area contributed by atoms with Gasteiger partial charge in [-0.3, -0.25) is 0 Å². The number of hydrogen-bond acceptors (Lipinski definition) is 4. The van der Waals surface area contributed by atoms with Gasteiger partial charge < -0.3 is 11.1 Å². The Kier molecular flexibility index (Phi) is 4.50. The molecule has 2 aromatic rings. The summed E-state index contributed by atoms with van der Waals surface area (Å²) in [6.45, 7) is 0.540. The van der Waals surface area contributed by atoms with E-state index < -0.39 is 10.0 Å². The standard InChI is InChI=1S/C15H19N3O2S/c1-18(2)21(19,20)14-8-5-7-13(10-14)17-11-12-6-3-4-9-15(12)16/h3-10,17H,11,16H2,1-2H3. The van der Waals surface area contributed by atoms with Crippen molar-refractivity contribution in [3.63, 3.8) is 0 Å². The fraction of sp³-hybridized carbons (Fsp3) is 0.200. The van der Waals surface area contributed by atoms with E-state index in [1.54, 1.807) is 18.2 Å². The summed E-state index contributed by atoms with van der Waals surface area (Å²) >= 11 is 0. The molecule has 0 aliphatic heterocycles. The van der Waals surface area contributed by atoms with Crippen LogP contribution in [0.4, 0.5) is 11.4 Å². The van der Waals surface area contributed by atoms with E-state index in [1.165, 1.54) is 18.4 Å². The van der Waals surface area contributed by atoms with Crippen LogP contribution in [0.25, 0.3) is 0 Å². The molecule has 112 valence electrons. The Morgan fingerprint density at radius 1 is 1.10 bits per heavy atom. The lowest BCUT2D eigenvalue weighted by Gasteiger charge is -2.13. The summed E-state index contributed by atoms with van der Waals surface area (Å²) in [6.07, 6.45) is 0. The summed E-state index contributed by atoms with van der Waals surface area (Å²) in [5.74, 6) is 0. The molecule has 0 aromatic heterocycles. The summed E-state index contributed by atoms with van der Waals surface area (Å²) in [5.41, 5.74) is 8.30. The minimum absolute atomic E-state index is 0.263. The number of para-hydroxylation sites is 1. The van der Waals surface area contributed by atoms with Gasteiger partial charge in [-0.2, -0.15) is 0 Å². The molecule has 2 rings (SSSR count). The third-order valence-corrected chi connectivity index (χ3v) is 4.96. The van der Waals surface area contributed by atoms with Gasteiger partial charge in [0.1, 0.15) is 0 Å². The highest BCUT2D eigenvalue weighted by atomic mass is 32.2. The molecular formula is C15H19N3O2S. The molecule has 0 fully saturated rings. The summed E-state index contributed by atoms with van der Waals surface area (Å²) in [6, 6.07) is 14.3. The fourth-order valence-electron chi connectivity index (χ4n) is 1.87. The van der Waals surface area contributed by atoms with Crippen molar-refractivity contribution in [2.45, 2.75) is 11.4 Å². The first-order valence-electron chi connectivity index (χ1n) is 6.51. The number of nitrogen functional groups attached to an aromatic ring is 1. The maximum Gasteiger partial charge on any atom is 0.242 e. The van der Waals surface area contributed by atoms with Gasteiger partial charge in [-0.1, -0.05) is 24.3 Å². The SMILES string of the molecule is CN(C)S(=O)(=O)c1cccc(NCc2ccccc2N)c1. The van der Waals surface area contributed by atoms with Crippen LogP contribution in [0.15, 0.2) is 53.4 Å². The van der Waals surface area contributed by atoms with Gasteiger partial charge in [0.05, 0.1) is 4.90 Å². The Hall–Kier alpha value is -2.05. The molecular weight excluding hydrogens is 286 g/mol. The summed E-state index contributed by atoms with van der Waals surface area (Å²) in [4.78, 5) is 0.263. The Morgan fingerprint density at radius 3 is 2.48 bits per heavy atom. The largest absolute Gasteiger partial charge is 0.398 e.